The summed E-state index contributed by atoms with van der Waals surface area (Å²) < 4.78 is 5.29. The molecular formula is C12H14N2O2. The van der Waals surface area contributed by atoms with Gasteiger partial charge >= 0.3 is 0 Å². The number of nitrogens with two attached hydrogens (primary N) is 1. The lowest BCUT2D eigenvalue weighted by atomic mass is 10.1. The third-order valence-corrected chi connectivity index (χ3v) is 2.54. The molecule has 0 aliphatic rings. The van der Waals surface area contributed by atoms with Crippen molar-refractivity contribution in [1.82, 2.24) is 4.98 Å². The van der Waals surface area contributed by atoms with Crippen LogP contribution < -0.4 is 16.0 Å². The number of H-pyrrole nitrogens is 1. The first-order valence-corrected chi connectivity index (χ1v) is 5.14. The summed E-state index contributed by atoms with van der Waals surface area (Å²) >= 11 is 0. The summed E-state index contributed by atoms with van der Waals surface area (Å²) in [7, 11) is 1.63. The minimum atomic E-state index is -0.101. The fourth-order valence-electron chi connectivity index (χ4n) is 1.77. The van der Waals surface area contributed by atoms with E-state index in [9.17, 15) is 4.79 Å². The molecule has 0 atom stereocenters. The van der Waals surface area contributed by atoms with E-state index in [2.05, 4.69) is 4.98 Å². The summed E-state index contributed by atoms with van der Waals surface area (Å²) in [4.78, 5) is 14.0. The van der Waals surface area contributed by atoms with Crippen molar-refractivity contribution in [2.45, 2.75) is 6.42 Å². The molecule has 2 rings (SSSR count). The Labute approximate surface area is 93.0 Å². The SMILES string of the molecule is COc1cc2ccc(=O)[nH]c2cc1CCN. The highest BCUT2D eigenvalue weighted by atomic mass is 16.5. The number of ether oxygens (including phenoxy) is 1. The van der Waals surface area contributed by atoms with Gasteiger partial charge in [-0.3, -0.25) is 4.79 Å². The van der Waals surface area contributed by atoms with E-state index >= 15 is 0 Å². The maximum absolute atomic E-state index is 11.2. The van der Waals surface area contributed by atoms with E-state index in [1.807, 2.05) is 12.1 Å². The van der Waals surface area contributed by atoms with Gasteiger partial charge in [0.05, 0.1) is 7.11 Å². The van der Waals surface area contributed by atoms with Crippen molar-refractivity contribution in [3.63, 3.8) is 0 Å². The van der Waals surface area contributed by atoms with Crippen LogP contribution in [-0.4, -0.2) is 18.6 Å². The van der Waals surface area contributed by atoms with Gasteiger partial charge < -0.3 is 15.5 Å². The van der Waals surface area contributed by atoms with Gasteiger partial charge in [0, 0.05) is 17.0 Å². The van der Waals surface area contributed by atoms with Gasteiger partial charge in [0.2, 0.25) is 5.56 Å². The molecule has 0 saturated carbocycles. The van der Waals surface area contributed by atoms with Crippen LogP contribution >= 0.6 is 0 Å². The standard InChI is InChI=1S/C12H14N2O2/c1-16-11-7-8-2-3-12(15)14-10(8)6-9(11)4-5-13/h2-3,6-7H,4-5,13H2,1H3,(H,14,15). The molecule has 0 saturated heterocycles. The molecule has 0 radical (unpaired) electrons. The summed E-state index contributed by atoms with van der Waals surface area (Å²) in [5, 5.41) is 0.956. The molecular weight excluding hydrogens is 204 g/mol. The normalized spacial score (nSPS) is 10.6. The van der Waals surface area contributed by atoms with E-state index in [0.717, 1.165) is 28.6 Å². The second kappa shape index (κ2) is 4.37. The van der Waals surface area contributed by atoms with Gasteiger partial charge in [0.25, 0.3) is 0 Å². The zero-order valence-corrected chi connectivity index (χ0v) is 9.12. The molecule has 2 aromatic rings. The quantitative estimate of drug-likeness (QED) is 0.808. The van der Waals surface area contributed by atoms with Crippen molar-refractivity contribution in [3.8, 4) is 5.75 Å². The van der Waals surface area contributed by atoms with Gasteiger partial charge in [-0.05, 0) is 36.7 Å². The fourth-order valence-corrected chi connectivity index (χ4v) is 1.77. The minimum Gasteiger partial charge on any atom is -0.496 e. The zero-order chi connectivity index (χ0) is 11.5. The third kappa shape index (κ3) is 1.92. The lowest BCUT2D eigenvalue weighted by Crippen LogP contribution is -2.06. The van der Waals surface area contributed by atoms with E-state index in [1.165, 1.54) is 6.07 Å². The van der Waals surface area contributed by atoms with Crippen LogP contribution in [0.15, 0.2) is 29.1 Å². The number of hydrogen-bond donors (Lipinski definition) is 2. The van der Waals surface area contributed by atoms with E-state index in [4.69, 9.17) is 10.5 Å². The average Bonchev–Trinajstić information content (AvgIpc) is 2.28. The lowest BCUT2D eigenvalue weighted by Gasteiger charge is -2.09. The van der Waals surface area contributed by atoms with Crippen LogP contribution in [0.3, 0.4) is 0 Å². The second-order valence-electron chi connectivity index (χ2n) is 3.61. The Morgan fingerprint density at radius 1 is 1.38 bits per heavy atom. The van der Waals surface area contributed by atoms with Gasteiger partial charge in [-0.2, -0.15) is 0 Å². The van der Waals surface area contributed by atoms with Crippen molar-refractivity contribution < 1.29 is 4.74 Å². The fraction of sp³-hybridized carbons (Fsp3) is 0.250. The molecule has 0 unspecified atom stereocenters. The highest BCUT2D eigenvalue weighted by Gasteiger charge is 2.05. The van der Waals surface area contributed by atoms with Crippen LogP contribution in [0.5, 0.6) is 5.75 Å². The molecule has 0 fully saturated rings. The van der Waals surface area contributed by atoms with E-state index in [-0.39, 0.29) is 5.56 Å². The van der Waals surface area contributed by atoms with Gasteiger partial charge in [-0.1, -0.05) is 0 Å². The number of methoxy groups -OCH3 is 1. The summed E-state index contributed by atoms with van der Waals surface area (Å²) in [5.41, 5.74) is 7.26. The summed E-state index contributed by atoms with van der Waals surface area (Å²) in [5.74, 6) is 0.810. The lowest BCUT2D eigenvalue weighted by molar-refractivity contribution is 0.410. The molecule has 4 nitrogen and oxygen atoms in total. The Kier molecular flexibility index (Phi) is 2.92. The van der Waals surface area contributed by atoms with Crippen LogP contribution in [0.4, 0.5) is 0 Å². The number of hydrogen-bond acceptors (Lipinski definition) is 3. The molecule has 3 N–H and O–H groups in total. The molecule has 1 aromatic heterocycles. The van der Waals surface area contributed by atoms with Crippen molar-refractivity contribution in [1.29, 1.82) is 0 Å². The number of fused-ring (bicyclic) bond motifs is 1. The van der Waals surface area contributed by atoms with E-state index in [0.29, 0.717) is 6.54 Å². The predicted octanol–water partition coefficient (Wildman–Crippen LogP) is 1.04. The van der Waals surface area contributed by atoms with Crippen LogP contribution in [0.1, 0.15) is 5.56 Å². The molecule has 16 heavy (non-hydrogen) atoms. The Hall–Kier alpha value is -1.81. The van der Waals surface area contributed by atoms with Crippen molar-refractivity contribution in [2.75, 3.05) is 13.7 Å². The van der Waals surface area contributed by atoms with E-state index in [1.54, 1.807) is 13.2 Å². The van der Waals surface area contributed by atoms with Crippen molar-refractivity contribution >= 4 is 10.9 Å². The second-order valence-corrected chi connectivity index (χ2v) is 3.61. The summed E-state index contributed by atoms with van der Waals surface area (Å²) in [6.07, 6.45) is 0.732. The first-order valence-electron chi connectivity index (χ1n) is 5.14. The Morgan fingerprint density at radius 3 is 2.88 bits per heavy atom. The topological polar surface area (TPSA) is 68.1 Å². The van der Waals surface area contributed by atoms with Crippen molar-refractivity contribution in [2.24, 2.45) is 5.73 Å². The Morgan fingerprint density at radius 2 is 2.19 bits per heavy atom. The largest absolute Gasteiger partial charge is 0.496 e. The molecule has 84 valence electrons. The van der Waals surface area contributed by atoms with Gasteiger partial charge in [-0.15, -0.1) is 0 Å². The number of pyridine rings is 1. The van der Waals surface area contributed by atoms with Gasteiger partial charge in [0.1, 0.15) is 5.75 Å². The van der Waals surface area contributed by atoms with Crippen molar-refractivity contribution in [3.05, 3.63) is 40.2 Å². The first-order chi connectivity index (χ1) is 7.74. The minimum absolute atomic E-state index is 0.101. The highest BCUT2D eigenvalue weighted by molar-refractivity contribution is 5.81. The predicted molar refractivity (Wildman–Crippen MR) is 63.9 cm³/mol. The van der Waals surface area contributed by atoms with Gasteiger partial charge in [0.15, 0.2) is 0 Å². The Balaban J connectivity index is 2.65. The van der Waals surface area contributed by atoms with Crippen LogP contribution in [-0.2, 0) is 6.42 Å². The van der Waals surface area contributed by atoms with Gasteiger partial charge in [-0.25, -0.2) is 0 Å². The molecule has 1 aromatic carbocycles. The first kappa shape index (κ1) is 10.7. The smallest absolute Gasteiger partial charge is 0.248 e. The van der Waals surface area contributed by atoms with Crippen LogP contribution in [0, 0.1) is 0 Å². The van der Waals surface area contributed by atoms with Crippen LogP contribution in [0.2, 0.25) is 0 Å². The number of rotatable bonds is 3. The maximum Gasteiger partial charge on any atom is 0.248 e. The number of nitrogens with one attached hydrogen (secondary N) is 1. The number of benzene rings is 1. The third-order valence-electron chi connectivity index (χ3n) is 2.54. The number of aromatic nitrogens is 1. The monoisotopic (exact) mass is 218 g/mol. The Bertz CT molecular complexity index is 560. The zero-order valence-electron chi connectivity index (χ0n) is 9.12. The highest BCUT2D eigenvalue weighted by Crippen LogP contribution is 2.24. The average molecular weight is 218 g/mol. The summed E-state index contributed by atoms with van der Waals surface area (Å²) in [6, 6.07) is 7.12. The summed E-state index contributed by atoms with van der Waals surface area (Å²) in [6.45, 7) is 0.554. The maximum atomic E-state index is 11.2. The molecule has 4 heteroatoms. The van der Waals surface area contributed by atoms with Crippen LogP contribution in [0.25, 0.3) is 10.9 Å². The number of aromatic amines is 1. The molecule has 0 amide bonds. The molecule has 1 heterocycles. The molecule has 0 aliphatic heterocycles. The molecule has 0 bridgehead atoms. The van der Waals surface area contributed by atoms with E-state index < -0.39 is 0 Å². The molecule has 0 aliphatic carbocycles. The molecule has 0 spiro atoms.